The van der Waals surface area contributed by atoms with Crippen molar-refractivity contribution in [1.29, 1.82) is 0 Å². The van der Waals surface area contributed by atoms with Crippen LogP contribution in [0.4, 0.5) is 10.9 Å². The molecule has 4 rings (SSSR count). The van der Waals surface area contributed by atoms with Gasteiger partial charge in [-0.1, -0.05) is 30.3 Å². The third kappa shape index (κ3) is 3.25. The van der Waals surface area contributed by atoms with Crippen molar-refractivity contribution in [1.82, 2.24) is 19.6 Å². The highest BCUT2D eigenvalue weighted by atomic mass is 32.1. The number of rotatable bonds is 5. The molecule has 0 unspecified atom stereocenters. The van der Waals surface area contributed by atoms with Crippen LogP contribution in [-0.2, 0) is 6.54 Å². The van der Waals surface area contributed by atoms with Crippen molar-refractivity contribution in [2.45, 2.75) is 13.5 Å². The second-order valence-electron chi connectivity index (χ2n) is 6.32. The Balaban J connectivity index is 1.68. The monoisotopic (exact) mass is 364 g/mol. The average Bonchev–Trinajstić information content (AvgIpc) is 3.26. The highest BCUT2D eigenvalue weighted by Crippen LogP contribution is 2.24. The van der Waals surface area contributed by atoms with Gasteiger partial charge in [-0.25, -0.2) is 9.97 Å². The second kappa shape index (κ2) is 6.76. The quantitative estimate of drug-likeness (QED) is 0.583. The van der Waals surface area contributed by atoms with Gasteiger partial charge in [0.1, 0.15) is 5.82 Å². The maximum absolute atomic E-state index is 4.75. The van der Waals surface area contributed by atoms with Gasteiger partial charge in [-0.05, 0) is 6.92 Å². The molecule has 0 aliphatic heterocycles. The third-order valence-corrected chi connectivity index (χ3v) is 5.05. The Labute approximate surface area is 156 Å². The Kier molecular flexibility index (Phi) is 4.30. The molecule has 0 bridgehead atoms. The minimum atomic E-state index is 0.636. The van der Waals surface area contributed by atoms with E-state index in [1.54, 1.807) is 11.3 Å². The van der Waals surface area contributed by atoms with E-state index < -0.39 is 0 Å². The van der Waals surface area contributed by atoms with E-state index >= 15 is 0 Å². The van der Waals surface area contributed by atoms with E-state index in [0.717, 1.165) is 39.2 Å². The van der Waals surface area contributed by atoms with Crippen LogP contribution in [0, 0.1) is 6.92 Å². The van der Waals surface area contributed by atoms with Crippen molar-refractivity contribution in [2.75, 3.05) is 24.3 Å². The van der Waals surface area contributed by atoms with Gasteiger partial charge in [0.25, 0.3) is 0 Å². The summed E-state index contributed by atoms with van der Waals surface area (Å²) in [7, 11) is 4.00. The molecule has 0 radical (unpaired) electrons. The molecular weight excluding hydrogens is 344 g/mol. The summed E-state index contributed by atoms with van der Waals surface area (Å²) in [6.45, 7) is 2.61. The zero-order chi connectivity index (χ0) is 18.1. The summed E-state index contributed by atoms with van der Waals surface area (Å²) in [5.74, 6) is 0.904. The topological polar surface area (TPSA) is 58.4 Å². The molecule has 4 aromatic rings. The van der Waals surface area contributed by atoms with Crippen LogP contribution in [0.15, 0.2) is 47.8 Å². The predicted octanol–water partition coefficient (Wildman–Crippen LogP) is 3.84. The van der Waals surface area contributed by atoms with Crippen LogP contribution in [0.2, 0.25) is 0 Å². The van der Waals surface area contributed by atoms with Gasteiger partial charge in [0, 0.05) is 37.2 Å². The summed E-state index contributed by atoms with van der Waals surface area (Å²) in [4.78, 5) is 11.4. The van der Waals surface area contributed by atoms with Crippen molar-refractivity contribution in [3.8, 4) is 11.3 Å². The van der Waals surface area contributed by atoms with Crippen LogP contribution in [0.1, 0.15) is 11.4 Å². The van der Waals surface area contributed by atoms with E-state index in [4.69, 9.17) is 4.98 Å². The molecule has 6 nitrogen and oxygen atoms in total. The lowest BCUT2D eigenvalue weighted by Crippen LogP contribution is -2.09. The summed E-state index contributed by atoms with van der Waals surface area (Å²) in [6.07, 6.45) is 0. The molecule has 0 spiro atoms. The third-order valence-electron chi connectivity index (χ3n) is 3.99. The fourth-order valence-corrected chi connectivity index (χ4v) is 3.49. The highest BCUT2D eigenvalue weighted by Gasteiger charge is 2.10. The van der Waals surface area contributed by atoms with Gasteiger partial charge in [0.2, 0.25) is 0 Å². The molecular formula is C19H20N6S. The van der Waals surface area contributed by atoms with Crippen LogP contribution >= 0.6 is 11.3 Å². The summed E-state index contributed by atoms with van der Waals surface area (Å²) in [5, 5.41) is 11.1. The number of anilines is 2. The normalized spacial score (nSPS) is 11.0. The molecule has 0 atom stereocenters. The largest absolute Gasteiger partial charge is 0.364 e. The molecule has 0 saturated heterocycles. The summed E-state index contributed by atoms with van der Waals surface area (Å²) in [5.41, 5.74) is 4.79. The highest BCUT2D eigenvalue weighted by molar-refractivity contribution is 7.13. The van der Waals surface area contributed by atoms with Crippen LogP contribution in [-0.4, -0.2) is 33.7 Å². The molecule has 0 amide bonds. The van der Waals surface area contributed by atoms with E-state index in [9.17, 15) is 0 Å². The van der Waals surface area contributed by atoms with Crippen LogP contribution in [0.5, 0.6) is 0 Å². The molecule has 1 aromatic carbocycles. The molecule has 0 aliphatic rings. The lowest BCUT2D eigenvalue weighted by Gasteiger charge is -2.10. The first-order chi connectivity index (χ1) is 12.6. The molecule has 0 saturated carbocycles. The molecule has 0 aliphatic carbocycles. The molecule has 7 heteroatoms. The number of hydrogen-bond donors (Lipinski definition) is 1. The summed E-state index contributed by atoms with van der Waals surface area (Å²) in [6, 6.07) is 14.2. The molecule has 3 heterocycles. The molecule has 3 aromatic heterocycles. The zero-order valence-electron chi connectivity index (χ0n) is 15.0. The van der Waals surface area contributed by atoms with Crippen LogP contribution < -0.4 is 10.2 Å². The van der Waals surface area contributed by atoms with Crippen LogP contribution in [0.3, 0.4) is 0 Å². The summed E-state index contributed by atoms with van der Waals surface area (Å²) >= 11 is 1.64. The fourth-order valence-electron chi connectivity index (χ4n) is 2.74. The minimum Gasteiger partial charge on any atom is -0.364 e. The Morgan fingerprint density at radius 2 is 1.92 bits per heavy atom. The average molecular weight is 364 g/mol. The predicted molar refractivity (Wildman–Crippen MR) is 107 cm³/mol. The van der Waals surface area contributed by atoms with Gasteiger partial charge in [0.15, 0.2) is 10.8 Å². The Morgan fingerprint density at radius 3 is 2.65 bits per heavy atom. The zero-order valence-corrected chi connectivity index (χ0v) is 15.8. The lowest BCUT2D eigenvalue weighted by atomic mass is 10.1. The molecule has 1 N–H and O–H groups in total. The maximum atomic E-state index is 4.75. The fraction of sp³-hybridized carbons (Fsp3) is 0.211. The second-order valence-corrected chi connectivity index (χ2v) is 7.15. The van der Waals surface area contributed by atoms with Gasteiger partial charge in [-0.3, -0.25) is 0 Å². The standard InChI is InChI=1S/C19H20N6S/c1-13-9-18-22-16(14-7-5-4-6-8-14)10-17(25(18)23-13)20-11-15-12-26-19(21-15)24(2)3/h4-10,12,20H,11H2,1-3H3. The van der Waals surface area contributed by atoms with E-state index in [1.165, 1.54) is 0 Å². The number of aryl methyl sites for hydroxylation is 1. The van der Waals surface area contributed by atoms with E-state index in [2.05, 4.69) is 32.9 Å². The minimum absolute atomic E-state index is 0.636. The van der Waals surface area contributed by atoms with Crippen molar-refractivity contribution >= 4 is 27.9 Å². The number of aromatic nitrogens is 4. The van der Waals surface area contributed by atoms with Gasteiger partial charge in [-0.2, -0.15) is 9.61 Å². The summed E-state index contributed by atoms with van der Waals surface area (Å²) < 4.78 is 1.85. The number of nitrogens with zero attached hydrogens (tertiary/aromatic N) is 5. The van der Waals surface area contributed by atoms with Gasteiger partial charge in [0.05, 0.1) is 23.6 Å². The van der Waals surface area contributed by atoms with Gasteiger partial charge >= 0.3 is 0 Å². The van der Waals surface area contributed by atoms with Crippen LogP contribution in [0.25, 0.3) is 16.9 Å². The molecule has 132 valence electrons. The molecule has 0 fully saturated rings. The first-order valence-corrected chi connectivity index (χ1v) is 9.26. The molecule has 26 heavy (non-hydrogen) atoms. The van der Waals surface area contributed by atoms with Crippen molar-refractivity contribution in [3.05, 3.63) is 59.2 Å². The van der Waals surface area contributed by atoms with E-state index in [-0.39, 0.29) is 0 Å². The Bertz CT molecular complexity index is 1030. The van der Waals surface area contributed by atoms with E-state index in [1.807, 2.05) is 60.8 Å². The SMILES string of the molecule is Cc1cc2nc(-c3ccccc3)cc(NCc3csc(N(C)C)n3)n2n1. The van der Waals surface area contributed by atoms with E-state index in [0.29, 0.717) is 6.54 Å². The lowest BCUT2D eigenvalue weighted by molar-refractivity contribution is 0.903. The maximum Gasteiger partial charge on any atom is 0.185 e. The first-order valence-electron chi connectivity index (χ1n) is 8.38. The Morgan fingerprint density at radius 1 is 1.12 bits per heavy atom. The van der Waals surface area contributed by atoms with Gasteiger partial charge in [-0.15, -0.1) is 11.3 Å². The van der Waals surface area contributed by atoms with Crippen molar-refractivity contribution < 1.29 is 0 Å². The van der Waals surface area contributed by atoms with Crippen molar-refractivity contribution in [2.24, 2.45) is 0 Å². The number of nitrogens with one attached hydrogen (secondary N) is 1. The van der Waals surface area contributed by atoms with Gasteiger partial charge < -0.3 is 10.2 Å². The number of hydrogen-bond acceptors (Lipinski definition) is 6. The number of benzene rings is 1. The Hall–Kier alpha value is -2.93. The first kappa shape index (κ1) is 16.5. The number of fused-ring (bicyclic) bond motifs is 1. The van der Waals surface area contributed by atoms with Crippen molar-refractivity contribution in [3.63, 3.8) is 0 Å². The smallest absolute Gasteiger partial charge is 0.185 e. The number of thiazole rings is 1.